The Morgan fingerprint density at radius 1 is 1.45 bits per heavy atom. The van der Waals surface area contributed by atoms with Gasteiger partial charge in [0.1, 0.15) is 17.1 Å². The molecule has 2 aromatic rings. The Hall–Kier alpha value is -1.96. The number of fused-ring (bicyclic) bond motifs is 1. The Morgan fingerprint density at radius 2 is 2.36 bits per heavy atom. The van der Waals surface area contributed by atoms with Crippen LogP contribution in [-0.2, 0) is 0 Å². The molecule has 0 saturated carbocycles. The van der Waals surface area contributed by atoms with E-state index in [4.69, 9.17) is 5.26 Å². The van der Waals surface area contributed by atoms with Crippen molar-refractivity contribution < 1.29 is 0 Å². The highest BCUT2D eigenvalue weighted by Gasteiger charge is 2.01. The molecule has 5 heteroatoms. The fourth-order valence-electron chi connectivity index (χ4n) is 0.852. The van der Waals surface area contributed by atoms with Crippen molar-refractivity contribution in [1.29, 1.82) is 5.26 Å². The number of nitrogens with zero attached hydrogens (tertiary/aromatic N) is 4. The van der Waals surface area contributed by atoms with Crippen molar-refractivity contribution in [2.75, 3.05) is 0 Å². The fraction of sp³-hybridized carbons (Fsp3) is 0. The molecule has 0 fully saturated rings. The van der Waals surface area contributed by atoms with E-state index in [1.807, 2.05) is 6.07 Å². The van der Waals surface area contributed by atoms with Crippen LogP contribution in [0.3, 0.4) is 0 Å². The fourth-order valence-corrected chi connectivity index (χ4v) is 0.852. The quantitative estimate of drug-likeness (QED) is 0.575. The molecule has 0 radical (unpaired) electrons. The summed E-state index contributed by atoms with van der Waals surface area (Å²) in [5, 5.41) is 22.4. The third-order valence-electron chi connectivity index (χ3n) is 1.36. The van der Waals surface area contributed by atoms with Gasteiger partial charge in [-0.05, 0) is 0 Å². The number of hydrogen-bond acceptors (Lipinski definition) is 4. The Morgan fingerprint density at radius 3 is 3.18 bits per heavy atom. The van der Waals surface area contributed by atoms with Crippen LogP contribution in [0, 0.1) is 11.3 Å². The van der Waals surface area contributed by atoms with Gasteiger partial charge in [0, 0.05) is 0 Å². The molecule has 1 N–H and O–H groups in total. The molecule has 0 amide bonds. The predicted octanol–water partition coefficient (Wildman–Crippen LogP) is 0.225. The second kappa shape index (κ2) is 2.02. The molecule has 5 nitrogen and oxygen atoms in total. The van der Waals surface area contributed by atoms with Crippen molar-refractivity contribution in [1.82, 2.24) is 20.4 Å². The minimum Gasteiger partial charge on any atom is -0.275 e. The monoisotopic (exact) mass is 145 g/mol. The average molecular weight is 145 g/mol. The van der Waals surface area contributed by atoms with Gasteiger partial charge in [0.2, 0.25) is 0 Å². The summed E-state index contributed by atoms with van der Waals surface area (Å²) < 4.78 is 0. The molecule has 0 aliphatic rings. The second-order valence-electron chi connectivity index (χ2n) is 2.00. The number of aromatic nitrogens is 4. The van der Waals surface area contributed by atoms with Crippen LogP contribution in [0.2, 0.25) is 0 Å². The van der Waals surface area contributed by atoms with Gasteiger partial charge in [-0.1, -0.05) is 0 Å². The van der Waals surface area contributed by atoms with E-state index in [0.717, 1.165) is 0 Å². The van der Waals surface area contributed by atoms with E-state index in [-0.39, 0.29) is 0 Å². The predicted molar refractivity (Wildman–Crippen MR) is 36.4 cm³/mol. The van der Waals surface area contributed by atoms with Gasteiger partial charge >= 0.3 is 0 Å². The van der Waals surface area contributed by atoms with Gasteiger partial charge < -0.3 is 0 Å². The number of aromatic amines is 1. The molecule has 0 aromatic carbocycles. The number of rotatable bonds is 0. The van der Waals surface area contributed by atoms with E-state index in [9.17, 15) is 0 Å². The molecule has 2 rings (SSSR count). The van der Waals surface area contributed by atoms with E-state index in [1.54, 1.807) is 0 Å². The van der Waals surface area contributed by atoms with Gasteiger partial charge in [0.25, 0.3) is 0 Å². The van der Waals surface area contributed by atoms with Crippen LogP contribution in [0.15, 0.2) is 12.4 Å². The lowest BCUT2D eigenvalue weighted by Crippen LogP contribution is -1.84. The lowest BCUT2D eigenvalue weighted by atomic mass is 10.3. The van der Waals surface area contributed by atoms with Crippen LogP contribution in [0.4, 0.5) is 0 Å². The van der Waals surface area contributed by atoms with Crippen molar-refractivity contribution >= 4 is 11.0 Å². The summed E-state index contributed by atoms with van der Waals surface area (Å²) in [6.45, 7) is 0. The molecule has 0 bridgehead atoms. The van der Waals surface area contributed by atoms with Gasteiger partial charge in [0.05, 0.1) is 18.0 Å². The maximum Gasteiger partial charge on any atom is 0.132 e. The van der Waals surface area contributed by atoms with Gasteiger partial charge in [0.15, 0.2) is 0 Å². The number of nitrogens with one attached hydrogen (secondary N) is 1. The lowest BCUT2D eigenvalue weighted by molar-refractivity contribution is 1.07. The highest BCUT2D eigenvalue weighted by molar-refractivity contribution is 5.78. The van der Waals surface area contributed by atoms with Crippen molar-refractivity contribution in [2.24, 2.45) is 0 Å². The molecular weight excluding hydrogens is 142 g/mol. The first-order chi connectivity index (χ1) is 5.42. The van der Waals surface area contributed by atoms with Gasteiger partial charge in [-0.25, -0.2) is 0 Å². The van der Waals surface area contributed by atoms with Crippen LogP contribution >= 0.6 is 0 Å². The molecule has 2 aromatic heterocycles. The molecule has 52 valence electrons. The minimum atomic E-state index is 0.465. The van der Waals surface area contributed by atoms with E-state index >= 15 is 0 Å². The Balaban J connectivity index is 2.92. The van der Waals surface area contributed by atoms with Crippen LogP contribution in [-0.4, -0.2) is 20.4 Å². The molecule has 0 unspecified atom stereocenters. The summed E-state index contributed by atoms with van der Waals surface area (Å²) in [6.07, 6.45) is 2.93. The van der Waals surface area contributed by atoms with Crippen LogP contribution in [0.1, 0.15) is 5.56 Å². The minimum absolute atomic E-state index is 0.465. The third-order valence-corrected chi connectivity index (χ3v) is 1.36. The normalized spacial score (nSPS) is 9.73. The standard InChI is InChI=1S/C6H3N5/c7-1-4-2-8-10-5-3-9-11-6(4)5/h2-3H,(H,9,11). The maximum atomic E-state index is 8.59. The Labute approximate surface area is 61.7 Å². The third kappa shape index (κ3) is 0.730. The molecule has 11 heavy (non-hydrogen) atoms. The molecule has 0 aliphatic heterocycles. The summed E-state index contributed by atoms with van der Waals surface area (Å²) in [5.41, 5.74) is 1.72. The van der Waals surface area contributed by atoms with Crippen molar-refractivity contribution in [3.63, 3.8) is 0 Å². The zero-order chi connectivity index (χ0) is 7.68. The highest BCUT2D eigenvalue weighted by Crippen LogP contribution is 2.08. The SMILES string of the molecule is N#Cc1cnnc2cn[nH]c12. The highest BCUT2D eigenvalue weighted by atomic mass is 15.2. The lowest BCUT2D eigenvalue weighted by Gasteiger charge is -1.86. The molecule has 0 aliphatic carbocycles. The van der Waals surface area contributed by atoms with Gasteiger partial charge in [-0.3, -0.25) is 5.10 Å². The zero-order valence-corrected chi connectivity index (χ0v) is 5.44. The smallest absolute Gasteiger partial charge is 0.132 e. The van der Waals surface area contributed by atoms with E-state index in [0.29, 0.717) is 16.6 Å². The molecular formula is C6H3N5. The van der Waals surface area contributed by atoms with Crippen molar-refractivity contribution in [3.05, 3.63) is 18.0 Å². The zero-order valence-electron chi connectivity index (χ0n) is 5.44. The van der Waals surface area contributed by atoms with E-state index in [1.165, 1.54) is 12.4 Å². The Bertz CT molecular complexity index is 424. The van der Waals surface area contributed by atoms with Gasteiger partial charge in [-0.2, -0.15) is 15.5 Å². The Kier molecular flexibility index (Phi) is 1.07. The van der Waals surface area contributed by atoms with Crippen LogP contribution in [0.25, 0.3) is 11.0 Å². The second-order valence-corrected chi connectivity index (χ2v) is 2.00. The average Bonchev–Trinajstić information content (AvgIpc) is 2.50. The van der Waals surface area contributed by atoms with Gasteiger partial charge in [-0.15, -0.1) is 5.10 Å². The first-order valence-electron chi connectivity index (χ1n) is 2.96. The number of hydrogen-bond donors (Lipinski definition) is 1. The van der Waals surface area contributed by atoms with E-state index < -0.39 is 0 Å². The number of nitriles is 1. The number of H-pyrrole nitrogens is 1. The van der Waals surface area contributed by atoms with Crippen LogP contribution < -0.4 is 0 Å². The van der Waals surface area contributed by atoms with Crippen molar-refractivity contribution in [2.45, 2.75) is 0 Å². The largest absolute Gasteiger partial charge is 0.275 e. The summed E-state index contributed by atoms with van der Waals surface area (Å²) in [7, 11) is 0. The summed E-state index contributed by atoms with van der Waals surface area (Å²) in [4.78, 5) is 0. The molecule has 0 saturated heterocycles. The maximum absolute atomic E-state index is 8.59. The summed E-state index contributed by atoms with van der Waals surface area (Å²) >= 11 is 0. The first kappa shape index (κ1) is 5.80. The van der Waals surface area contributed by atoms with Crippen molar-refractivity contribution in [3.8, 4) is 6.07 Å². The molecule has 0 atom stereocenters. The molecule has 2 heterocycles. The first-order valence-corrected chi connectivity index (χ1v) is 2.96. The topological polar surface area (TPSA) is 78.2 Å². The summed E-state index contributed by atoms with van der Waals surface area (Å²) in [5.74, 6) is 0. The molecule has 0 spiro atoms. The summed E-state index contributed by atoms with van der Waals surface area (Å²) in [6, 6.07) is 1.98. The van der Waals surface area contributed by atoms with Crippen LogP contribution in [0.5, 0.6) is 0 Å². The van der Waals surface area contributed by atoms with E-state index in [2.05, 4.69) is 20.4 Å².